The zero-order valence-corrected chi connectivity index (χ0v) is 65.0. The van der Waals surface area contributed by atoms with Gasteiger partial charge in [-0.05, 0) is 151 Å². The van der Waals surface area contributed by atoms with Gasteiger partial charge in [0.1, 0.15) is 23.0 Å². The van der Waals surface area contributed by atoms with E-state index >= 15 is 0 Å². The molecular formula is C100H72B2BrN8O4. The quantitative estimate of drug-likeness (QED) is 0.107. The van der Waals surface area contributed by atoms with E-state index in [4.69, 9.17) is 39.0 Å². The van der Waals surface area contributed by atoms with Gasteiger partial charge in [-0.25, -0.2) is 29.9 Å². The summed E-state index contributed by atoms with van der Waals surface area (Å²) in [6.07, 6.45) is 0. The SMILES string of the molecule is CC1(C)OB(c2ccc3c(c2)Oc2ccccc2C3(c2ccccc2)c2ccccc2)OC1(C)C.N#Cc1ccc(-c2nc(-c3ccccc3)nc(-c3ccc(-c4ccc5c(c4)Oc4ccccc4C5(c4ccccc4)c4ccccc4)cc3)n2)cc1.N#Cc1ccc(-c2nc(-c3ccccc3)nc(-c3ccc(Br)cc3)n2)cc1.[B]. The Hall–Kier alpha value is -13.8. The lowest BCUT2D eigenvalue weighted by Crippen LogP contribution is -2.41. The van der Waals surface area contributed by atoms with E-state index in [1.54, 1.807) is 24.3 Å². The fraction of sp³-hybridized carbons (Fsp3) is 0.0800. The van der Waals surface area contributed by atoms with Crippen LogP contribution in [0, 0.1) is 22.7 Å². The summed E-state index contributed by atoms with van der Waals surface area (Å²) in [5, 5.41) is 18.3. The molecule has 1 saturated heterocycles. The molecule has 15 heteroatoms. The Labute approximate surface area is 680 Å². The summed E-state index contributed by atoms with van der Waals surface area (Å²) in [5.74, 6) is 6.85. The van der Waals surface area contributed by atoms with E-state index in [-0.39, 0.29) is 8.41 Å². The van der Waals surface area contributed by atoms with Crippen molar-refractivity contribution in [3.05, 3.63) is 424 Å². The summed E-state index contributed by atoms with van der Waals surface area (Å²) >= 11 is 3.45. The Morgan fingerprint density at radius 2 is 0.548 bits per heavy atom. The molecule has 19 rings (SSSR count). The van der Waals surface area contributed by atoms with E-state index in [0.29, 0.717) is 46.1 Å². The van der Waals surface area contributed by atoms with Gasteiger partial charge in [0.15, 0.2) is 34.9 Å². The topological polar surface area (TPSA) is 162 Å². The second-order valence-electron chi connectivity index (χ2n) is 29.0. The second-order valence-corrected chi connectivity index (χ2v) is 29.9. The Balaban J connectivity index is 0.000000137. The van der Waals surface area contributed by atoms with Crippen LogP contribution in [0.5, 0.6) is 23.0 Å². The first-order valence-electron chi connectivity index (χ1n) is 37.7. The van der Waals surface area contributed by atoms with Crippen LogP contribution in [-0.4, -0.2) is 56.6 Å². The Bertz CT molecular complexity index is 6170. The minimum atomic E-state index is -0.559. The summed E-state index contributed by atoms with van der Waals surface area (Å²) in [5.41, 5.74) is 16.8. The highest BCUT2D eigenvalue weighted by molar-refractivity contribution is 9.10. The van der Waals surface area contributed by atoms with Crippen molar-refractivity contribution in [1.29, 1.82) is 10.5 Å². The van der Waals surface area contributed by atoms with Gasteiger partial charge in [-0.3, -0.25) is 0 Å². The molecule has 5 heterocycles. The van der Waals surface area contributed by atoms with Crippen LogP contribution in [-0.2, 0) is 20.1 Å². The lowest BCUT2D eigenvalue weighted by molar-refractivity contribution is 0.00578. The van der Waals surface area contributed by atoms with E-state index < -0.39 is 29.2 Å². The molecule has 14 aromatic carbocycles. The molecule has 1 fully saturated rings. The maximum Gasteiger partial charge on any atom is 0.494 e. The number of ether oxygens (including phenoxy) is 2. The number of fused-ring (bicyclic) bond motifs is 4. The highest BCUT2D eigenvalue weighted by atomic mass is 79.9. The van der Waals surface area contributed by atoms with Crippen LogP contribution in [0.25, 0.3) is 79.5 Å². The molecule has 3 aliphatic rings. The number of halogens is 1. The molecule has 115 heavy (non-hydrogen) atoms. The lowest BCUT2D eigenvalue weighted by Gasteiger charge is -2.41. The third kappa shape index (κ3) is 14.6. The van der Waals surface area contributed by atoms with Crippen molar-refractivity contribution < 1.29 is 18.8 Å². The minimum Gasteiger partial charge on any atom is -0.457 e. The molecule has 3 aliphatic heterocycles. The third-order valence-corrected chi connectivity index (χ3v) is 22.2. The number of nitriles is 2. The first kappa shape index (κ1) is 75.3. The average molecular weight is 1550 g/mol. The standard InChI is InChI=1S/C47H30N4O.C31H29BO3.C22H13BrN4.B/c48-31-32-20-22-35(23-21-32)45-49-44(34-12-4-1-5-13-34)50-46(51-45)36-26-24-33(25-27-36)37-28-29-41-43(30-37)52-42-19-11-10-18-40(42)47(41,38-14-6-2-7-15-38)39-16-8-3-9-17-39;1-29(2)30(3,4)35-32(34-29)24-19-20-26-28(21-24)33-27-18-12-11-17-25(27)31(26,22-13-7-5-8-14-22)23-15-9-6-10-16-23;23-19-12-10-18(11-13-19)22-26-20(16-4-2-1-3-5-16)25-21(27-22)17-8-6-15(14-24)7-9-17;/h1-30H;5-21H,1-4H3;1-13H;. The maximum atomic E-state index is 9.31. The number of nitrogens with zero attached hydrogens (tertiary/aromatic N) is 8. The Kier molecular flexibility index (Phi) is 21.0. The highest BCUT2D eigenvalue weighted by Gasteiger charge is 2.53. The summed E-state index contributed by atoms with van der Waals surface area (Å²) < 4.78 is 27.0. The van der Waals surface area contributed by atoms with Gasteiger partial charge in [-0.1, -0.05) is 295 Å². The number of benzene rings is 14. The fourth-order valence-corrected chi connectivity index (χ4v) is 15.5. The van der Waals surface area contributed by atoms with Gasteiger partial charge in [-0.2, -0.15) is 10.5 Å². The van der Waals surface area contributed by atoms with Crippen molar-refractivity contribution >= 4 is 36.9 Å². The van der Waals surface area contributed by atoms with Gasteiger partial charge < -0.3 is 18.8 Å². The predicted octanol–water partition coefficient (Wildman–Crippen LogP) is 22.5. The zero-order chi connectivity index (χ0) is 77.8. The predicted molar refractivity (Wildman–Crippen MR) is 460 cm³/mol. The number of hydrogen-bond acceptors (Lipinski definition) is 12. The van der Waals surface area contributed by atoms with Gasteiger partial charge in [0.05, 0.1) is 45.3 Å². The van der Waals surface area contributed by atoms with Gasteiger partial charge in [0.2, 0.25) is 0 Å². The van der Waals surface area contributed by atoms with Gasteiger partial charge in [0, 0.05) is 68.5 Å². The number of hydrogen-bond donors (Lipinski definition) is 0. The van der Waals surface area contributed by atoms with Crippen molar-refractivity contribution in [2.75, 3.05) is 0 Å². The summed E-state index contributed by atoms with van der Waals surface area (Å²) in [7, 11) is -0.450. The molecule has 3 radical (unpaired) electrons. The molecular weight excluding hydrogens is 1480 g/mol. The second kappa shape index (κ2) is 32.1. The average Bonchev–Trinajstić information content (AvgIpc) is 1.42. The van der Waals surface area contributed by atoms with Crippen molar-refractivity contribution in [3.8, 4) is 115 Å². The molecule has 549 valence electrons. The van der Waals surface area contributed by atoms with Gasteiger partial charge in [0.25, 0.3) is 0 Å². The molecule has 2 aromatic heterocycles. The van der Waals surface area contributed by atoms with Gasteiger partial charge >= 0.3 is 7.12 Å². The molecule has 16 aromatic rings. The van der Waals surface area contributed by atoms with Crippen molar-refractivity contribution in [1.82, 2.24) is 29.9 Å². The number of aromatic nitrogens is 6. The summed E-state index contributed by atoms with van der Waals surface area (Å²) in [6, 6.07) is 127. The maximum absolute atomic E-state index is 9.31. The van der Waals surface area contributed by atoms with Crippen molar-refractivity contribution in [2.24, 2.45) is 0 Å². The number of para-hydroxylation sites is 2. The molecule has 0 bridgehead atoms. The van der Waals surface area contributed by atoms with Crippen LogP contribution in [0.4, 0.5) is 0 Å². The number of rotatable bonds is 12. The van der Waals surface area contributed by atoms with Crippen LogP contribution < -0.4 is 14.9 Å². The minimum absolute atomic E-state index is 0. The van der Waals surface area contributed by atoms with Crippen LogP contribution in [0.1, 0.15) is 83.3 Å². The molecule has 0 unspecified atom stereocenters. The summed E-state index contributed by atoms with van der Waals surface area (Å²) in [6.45, 7) is 8.31. The molecule has 0 aliphatic carbocycles. The molecule has 0 saturated carbocycles. The molecule has 0 spiro atoms. The van der Waals surface area contributed by atoms with Crippen LogP contribution in [0.15, 0.2) is 368 Å². The van der Waals surface area contributed by atoms with Crippen LogP contribution in [0.2, 0.25) is 0 Å². The van der Waals surface area contributed by atoms with E-state index in [2.05, 4.69) is 289 Å². The monoisotopic (exact) mass is 1550 g/mol. The molecule has 0 N–H and O–H groups in total. The van der Waals surface area contributed by atoms with E-state index in [1.165, 1.54) is 22.3 Å². The first-order valence-corrected chi connectivity index (χ1v) is 38.5. The van der Waals surface area contributed by atoms with Crippen LogP contribution >= 0.6 is 15.9 Å². The smallest absolute Gasteiger partial charge is 0.457 e. The Morgan fingerprint density at radius 1 is 0.278 bits per heavy atom. The summed E-state index contributed by atoms with van der Waals surface area (Å²) in [4.78, 5) is 28.6. The lowest BCUT2D eigenvalue weighted by atomic mass is 9.63. The van der Waals surface area contributed by atoms with Gasteiger partial charge in [-0.15, -0.1) is 0 Å². The Morgan fingerprint density at radius 3 is 0.904 bits per heavy atom. The van der Waals surface area contributed by atoms with Crippen molar-refractivity contribution in [2.45, 2.75) is 49.7 Å². The third-order valence-electron chi connectivity index (χ3n) is 21.6. The first-order chi connectivity index (χ1) is 55.8. The molecule has 0 amide bonds. The molecule has 12 nitrogen and oxygen atoms in total. The fourth-order valence-electron chi connectivity index (χ4n) is 15.2. The zero-order valence-electron chi connectivity index (χ0n) is 63.4. The van der Waals surface area contributed by atoms with E-state index in [9.17, 15) is 5.26 Å². The van der Waals surface area contributed by atoms with Crippen LogP contribution in [0.3, 0.4) is 0 Å². The molecule has 0 atom stereocenters. The largest absolute Gasteiger partial charge is 0.494 e. The highest BCUT2D eigenvalue weighted by Crippen LogP contribution is 2.57. The van der Waals surface area contributed by atoms with E-state index in [0.717, 1.165) is 99.7 Å². The van der Waals surface area contributed by atoms with E-state index in [1.807, 2.05) is 121 Å². The normalized spacial score (nSPS) is 13.9. The van der Waals surface area contributed by atoms with Crippen molar-refractivity contribution in [3.63, 3.8) is 0 Å².